The number of aryl methyl sites for hydroxylation is 2. The summed E-state index contributed by atoms with van der Waals surface area (Å²) in [5.41, 5.74) is 2.97. The molecule has 0 bridgehead atoms. The van der Waals surface area contributed by atoms with Crippen molar-refractivity contribution >= 4 is 17.7 Å². The molecule has 0 atom stereocenters. The number of hydrogen-bond donors (Lipinski definition) is 2. The van der Waals surface area contributed by atoms with Crippen molar-refractivity contribution in [2.24, 2.45) is 0 Å². The molecule has 0 aliphatic carbocycles. The van der Waals surface area contributed by atoms with Gasteiger partial charge in [0.15, 0.2) is 0 Å². The molecule has 0 saturated carbocycles. The highest BCUT2D eigenvalue weighted by Crippen LogP contribution is 2.29. The van der Waals surface area contributed by atoms with Crippen molar-refractivity contribution in [3.8, 4) is 0 Å². The van der Waals surface area contributed by atoms with Crippen molar-refractivity contribution in [3.05, 3.63) is 53.2 Å². The van der Waals surface area contributed by atoms with Gasteiger partial charge in [-0.3, -0.25) is 4.79 Å². The van der Waals surface area contributed by atoms with E-state index in [1.54, 1.807) is 18.3 Å². The van der Waals surface area contributed by atoms with Gasteiger partial charge in [-0.05, 0) is 49.2 Å². The van der Waals surface area contributed by atoms with Gasteiger partial charge in [0.05, 0.1) is 12.2 Å². The number of nitrogens with zero attached hydrogens (tertiary/aromatic N) is 1. The lowest BCUT2D eigenvalue weighted by atomic mass is 10.1. The number of amides is 1. The third-order valence-corrected chi connectivity index (χ3v) is 4.11. The molecular formula is C16H18N2O2S. The molecule has 0 fully saturated rings. The highest BCUT2D eigenvalue weighted by Gasteiger charge is 2.13. The number of rotatable bonds is 5. The number of aromatic nitrogens is 1. The maximum absolute atomic E-state index is 12.1. The first kappa shape index (κ1) is 15.5. The molecule has 0 aliphatic heterocycles. The summed E-state index contributed by atoms with van der Waals surface area (Å²) in [6.45, 7) is 4.29. The van der Waals surface area contributed by atoms with Crippen LogP contribution in [0.4, 0.5) is 0 Å². The second kappa shape index (κ2) is 7.24. The summed E-state index contributed by atoms with van der Waals surface area (Å²) in [7, 11) is 0. The largest absolute Gasteiger partial charge is 0.395 e. The average molecular weight is 302 g/mol. The smallest absolute Gasteiger partial charge is 0.254 e. The van der Waals surface area contributed by atoms with Crippen LogP contribution in [-0.4, -0.2) is 29.1 Å². The number of pyridine rings is 1. The van der Waals surface area contributed by atoms with E-state index in [-0.39, 0.29) is 19.1 Å². The average Bonchev–Trinajstić information content (AvgIpc) is 2.49. The van der Waals surface area contributed by atoms with Crippen molar-refractivity contribution < 1.29 is 9.90 Å². The summed E-state index contributed by atoms with van der Waals surface area (Å²) < 4.78 is 0. The first-order valence-corrected chi connectivity index (χ1v) is 7.52. The number of carbonyl (C=O) groups excluding carboxylic acids is 1. The van der Waals surface area contributed by atoms with Crippen molar-refractivity contribution in [3.63, 3.8) is 0 Å². The molecule has 0 saturated heterocycles. The molecule has 2 N–H and O–H groups in total. The van der Waals surface area contributed by atoms with Crippen LogP contribution >= 0.6 is 11.8 Å². The molecule has 1 aromatic heterocycles. The van der Waals surface area contributed by atoms with Crippen LogP contribution in [0.15, 0.2) is 46.5 Å². The van der Waals surface area contributed by atoms with Crippen LogP contribution in [0.25, 0.3) is 0 Å². The second-order valence-electron chi connectivity index (χ2n) is 4.68. The summed E-state index contributed by atoms with van der Waals surface area (Å²) in [5, 5.41) is 12.1. The van der Waals surface area contributed by atoms with Crippen LogP contribution in [0.1, 0.15) is 21.5 Å². The van der Waals surface area contributed by atoms with Crippen LogP contribution in [0, 0.1) is 13.8 Å². The van der Waals surface area contributed by atoms with Crippen LogP contribution in [0.2, 0.25) is 0 Å². The van der Waals surface area contributed by atoms with Crippen LogP contribution in [0.3, 0.4) is 0 Å². The van der Waals surface area contributed by atoms with Gasteiger partial charge in [-0.25, -0.2) is 4.98 Å². The van der Waals surface area contributed by atoms with E-state index < -0.39 is 0 Å². The molecular weight excluding hydrogens is 284 g/mol. The zero-order valence-corrected chi connectivity index (χ0v) is 12.9. The number of hydrogen-bond acceptors (Lipinski definition) is 4. The van der Waals surface area contributed by atoms with Gasteiger partial charge in [0.25, 0.3) is 5.91 Å². The number of benzene rings is 1. The van der Waals surface area contributed by atoms with Gasteiger partial charge >= 0.3 is 0 Å². The molecule has 110 valence electrons. The molecule has 21 heavy (non-hydrogen) atoms. The molecule has 2 aromatic rings. The Morgan fingerprint density at radius 2 is 2.10 bits per heavy atom. The van der Waals surface area contributed by atoms with Gasteiger partial charge in [0.1, 0.15) is 5.03 Å². The Kier molecular flexibility index (Phi) is 5.36. The molecule has 0 spiro atoms. The van der Waals surface area contributed by atoms with Gasteiger partial charge < -0.3 is 10.4 Å². The fraction of sp³-hybridized carbons (Fsp3) is 0.250. The van der Waals surface area contributed by atoms with Crippen LogP contribution in [-0.2, 0) is 0 Å². The predicted octanol–water partition coefficient (Wildman–Crippen LogP) is 2.57. The Bertz CT molecular complexity index is 644. The van der Waals surface area contributed by atoms with E-state index in [0.717, 1.165) is 4.90 Å². The maximum atomic E-state index is 12.1. The van der Waals surface area contributed by atoms with Gasteiger partial charge in [0, 0.05) is 17.6 Å². The van der Waals surface area contributed by atoms with Crippen molar-refractivity contribution in [2.75, 3.05) is 13.2 Å². The number of nitrogens with one attached hydrogen (secondary N) is 1. The predicted molar refractivity (Wildman–Crippen MR) is 83.7 cm³/mol. The van der Waals surface area contributed by atoms with E-state index in [2.05, 4.69) is 36.3 Å². The molecule has 1 amide bonds. The summed E-state index contributed by atoms with van der Waals surface area (Å²) in [6, 6.07) is 9.65. The monoisotopic (exact) mass is 302 g/mol. The Labute approximate surface area is 128 Å². The van der Waals surface area contributed by atoms with Gasteiger partial charge in [-0.1, -0.05) is 17.8 Å². The lowest BCUT2D eigenvalue weighted by Gasteiger charge is -2.09. The first-order valence-electron chi connectivity index (χ1n) is 6.71. The standard InChI is InChI=1S/C16H18N2O2S/c1-11-5-6-13(10-12(11)2)21-16-14(4-3-7-18-16)15(20)17-8-9-19/h3-7,10,19H,8-9H2,1-2H3,(H,17,20). The highest BCUT2D eigenvalue weighted by atomic mass is 32.2. The quantitative estimate of drug-likeness (QED) is 0.891. The van der Waals surface area contributed by atoms with Gasteiger partial charge in [-0.2, -0.15) is 0 Å². The third kappa shape index (κ3) is 4.06. The Morgan fingerprint density at radius 1 is 1.29 bits per heavy atom. The molecule has 0 radical (unpaired) electrons. The fourth-order valence-electron chi connectivity index (χ4n) is 1.80. The molecule has 5 heteroatoms. The molecule has 4 nitrogen and oxygen atoms in total. The molecule has 0 unspecified atom stereocenters. The SMILES string of the molecule is Cc1ccc(Sc2ncccc2C(=O)NCCO)cc1C. The van der Waals surface area contributed by atoms with Crippen LogP contribution in [0.5, 0.6) is 0 Å². The Morgan fingerprint density at radius 3 is 2.81 bits per heavy atom. The molecule has 1 aromatic carbocycles. The normalized spacial score (nSPS) is 10.4. The van der Waals surface area contributed by atoms with E-state index in [0.29, 0.717) is 10.6 Å². The fourth-order valence-corrected chi connectivity index (χ4v) is 2.78. The van der Waals surface area contributed by atoms with E-state index in [1.807, 2.05) is 6.07 Å². The van der Waals surface area contributed by atoms with Crippen molar-refractivity contribution in [2.45, 2.75) is 23.8 Å². The lowest BCUT2D eigenvalue weighted by Crippen LogP contribution is -2.27. The van der Waals surface area contributed by atoms with E-state index in [1.165, 1.54) is 22.9 Å². The number of carbonyl (C=O) groups is 1. The van der Waals surface area contributed by atoms with E-state index in [9.17, 15) is 4.79 Å². The minimum atomic E-state index is -0.219. The number of aliphatic hydroxyl groups excluding tert-OH is 1. The first-order chi connectivity index (χ1) is 10.1. The van der Waals surface area contributed by atoms with E-state index >= 15 is 0 Å². The number of aliphatic hydroxyl groups is 1. The molecule has 0 aliphatic rings. The highest BCUT2D eigenvalue weighted by molar-refractivity contribution is 7.99. The minimum absolute atomic E-state index is 0.0777. The van der Waals surface area contributed by atoms with Crippen molar-refractivity contribution in [1.82, 2.24) is 10.3 Å². The van der Waals surface area contributed by atoms with Crippen molar-refractivity contribution in [1.29, 1.82) is 0 Å². The summed E-state index contributed by atoms with van der Waals surface area (Å²) >= 11 is 1.46. The van der Waals surface area contributed by atoms with E-state index in [4.69, 9.17) is 5.11 Å². The molecule has 2 rings (SSSR count). The summed E-state index contributed by atoms with van der Waals surface area (Å²) in [4.78, 5) is 17.4. The topological polar surface area (TPSA) is 62.2 Å². The van der Waals surface area contributed by atoms with Gasteiger partial charge in [0.2, 0.25) is 0 Å². The zero-order valence-electron chi connectivity index (χ0n) is 12.1. The summed E-state index contributed by atoms with van der Waals surface area (Å²) in [6.07, 6.45) is 1.67. The Hall–Kier alpha value is -1.85. The second-order valence-corrected chi connectivity index (χ2v) is 5.75. The van der Waals surface area contributed by atoms with Crippen LogP contribution < -0.4 is 5.32 Å². The summed E-state index contributed by atoms with van der Waals surface area (Å²) in [5.74, 6) is -0.219. The third-order valence-electron chi connectivity index (χ3n) is 3.11. The molecule has 1 heterocycles. The maximum Gasteiger partial charge on any atom is 0.254 e. The zero-order chi connectivity index (χ0) is 15.2. The lowest BCUT2D eigenvalue weighted by molar-refractivity contribution is 0.0941. The Balaban J connectivity index is 2.23. The minimum Gasteiger partial charge on any atom is -0.395 e. The van der Waals surface area contributed by atoms with Gasteiger partial charge in [-0.15, -0.1) is 0 Å².